The van der Waals surface area contributed by atoms with Gasteiger partial charge in [0.1, 0.15) is 29.8 Å². The number of allylic oxidation sites excluding steroid dienone is 1. The van der Waals surface area contributed by atoms with Gasteiger partial charge in [0.2, 0.25) is 0 Å². The number of fused-ring (bicyclic) bond motifs is 3. The van der Waals surface area contributed by atoms with Crippen LogP contribution < -0.4 is 9.47 Å². The number of rotatable bonds is 13. The average molecular weight is 823 g/mol. The second-order valence-corrected chi connectivity index (χ2v) is 14.4. The van der Waals surface area contributed by atoms with E-state index in [9.17, 15) is 27.6 Å². The highest BCUT2D eigenvalue weighted by Crippen LogP contribution is 2.57. The lowest BCUT2D eigenvalue weighted by Crippen LogP contribution is -2.55. The van der Waals surface area contributed by atoms with Gasteiger partial charge in [0.25, 0.3) is 11.2 Å². The Kier molecular flexibility index (Phi) is 12.5. The van der Waals surface area contributed by atoms with Crippen LogP contribution in [-0.2, 0) is 49.9 Å². The molecule has 0 bridgehead atoms. The van der Waals surface area contributed by atoms with Crippen LogP contribution in [0.15, 0.2) is 78.4 Å². The highest BCUT2D eigenvalue weighted by atomic mass is 19.4. The molecule has 10 nitrogen and oxygen atoms in total. The van der Waals surface area contributed by atoms with E-state index < -0.39 is 88.7 Å². The van der Waals surface area contributed by atoms with E-state index in [0.29, 0.717) is 7.11 Å². The van der Waals surface area contributed by atoms with Crippen LogP contribution in [0.5, 0.6) is 11.5 Å². The van der Waals surface area contributed by atoms with Crippen molar-refractivity contribution in [3.63, 3.8) is 0 Å². The van der Waals surface area contributed by atoms with Gasteiger partial charge in [0.15, 0.2) is 11.9 Å². The molecular formula is C42H44F6O10. The van der Waals surface area contributed by atoms with Gasteiger partial charge in [-0.1, -0.05) is 72.3 Å². The Labute approximate surface area is 331 Å². The molecule has 0 fully saturated rings. The highest BCUT2D eigenvalue weighted by molar-refractivity contribution is 6.03. The molecule has 3 aromatic carbocycles. The Morgan fingerprint density at radius 1 is 0.862 bits per heavy atom. The first-order valence-corrected chi connectivity index (χ1v) is 18.1. The second-order valence-electron chi connectivity index (χ2n) is 14.4. The van der Waals surface area contributed by atoms with Crippen LogP contribution in [0.1, 0.15) is 79.3 Å². The van der Waals surface area contributed by atoms with Crippen LogP contribution in [-0.4, -0.2) is 76.8 Å². The fourth-order valence-electron chi connectivity index (χ4n) is 7.76. The van der Waals surface area contributed by atoms with Gasteiger partial charge in [0.05, 0.1) is 23.7 Å². The highest BCUT2D eigenvalue weighted by Gasteiger charge is 2.67. The first-order chi connectivity index (χ1) is 27.2. The van der Waals surface area contributed by atoms with E-state index in [-0.39, 0.29) is 34.6 Å². The maximum absolute atomic E-state index is 15.0. The van der Waals surface area contributed by atoms with Crippen LogP contribution in [0.3, 0.4) is 0 Å². The van der Waals surface area contributed by atoms with E-state index in [1.165, 1.54) is 56.7 Å². The predicted molar refractivity (Wildman–Crippen MR) is 195 cm³/mol. The summed E-state index contributed by atoms with van der Waals surface area (Å²) < 4.78 is 129. The SMILES string of the molecule is COc1cc2c(c3c1[C@@](C)([C@@H](CC=C(C)C)OC(=O)[C@](OC)(c1ccccc1)C(F)(F)F)[C@@H](C)O3)C(=O)C[C@@H](OC)[C@@H]2OC(=O)[C@](OC)(c1ccccc1)C(F)(F)F. The summed E-state index contributed by atoms with van der Waals surface area (Å²) in [7, 11) is 3.89. The van der Waals surface area contributed by atoms with Gasteiger partial charge in [-0.15, -0.1) is 0 Å². The summed E-state index contributed by atoms with van der Waals surface area (Å²) in [6.45, 7) is 6.60. The molecule has 314 valence electrons. The first kappa shape index (κ1) is 44.2. The monoisotopic (exact) mass is 822 g/mol. The van der Waals surface area contributed by atoms with Crippen molar-refractivity contribution in [2.24, 2.45) is 0 Å². The molecule has 0 N–H and O–H groups in total. The molecule has 0 unspecified atom stereocenters. The minimum absolute atomic E-state index is 0.0572. The quantitative estimate of drug-likeness (QED) is 0.0946. The van der Waals surface area contributed by atoms with Crippen molar-refractivity contribution in [3.05, 3.63) is 106 Å². The lowest BCUT2D eigenvalue weighted by atomic mass is 9.71. The molecule has 1 aliphatic carbocycles. The van der Waals surface area contributed by atoms with Crippen molar-refractivity contribution in [3.8, 4) is 11.5 Å². The van der Waals surface area contributed by atoms with Crippen molar-refractivity contribution < 1.29 is 73.9 Å². The molecule has 0 spiro atoms. The van der Waals surface area contributed by atoms with Crippen molar-refractivity contribution >= 4 is 17.7 Å². The smallest absolute Gasteiger partial charge is 0.432 e. The number of hydrogen-bond acceptors (Lipinski definition) is 10. The largest absolute Gasteiger partial charge is 0.496 e. The molecule has 0 aromatic heterocycles. The van der Waals surface area contributed by atoms with E-state index in [4.69, 9.17) is 33.2 Å². The van der Waals surface area contributed by atoms with Crippen LogP contribution in [0.25, 0.3) is 0 Å². The molecule has 7 atom stereocenters. The Morgan fingerprint density at radius 2 is 1.38 bits per heavy atom. The van der Waals surface area contributed by atoms with Gasteiger partial charge in [-0.2, -0.15) is 26.3 Å². The summed E-state index contributed by atoms with van der Waals surface area (Å²) in [6, 6.07) is 13.7. The summed E-state index contributed by atoms with van der Waals surface area (Å²) in [4.78, 5) is 42.0. The number of carbonyl (C=O) groups is 3. The van der Waals surface area contributed by atoms with Crippen LogP contribution >= 0.6 is 0 Å². The number of carbonyl (C=O) groups excluding carboxylic acids is 3. The van der Waals surface area contributed by atoms with E-state index in [1.807, 2.05) is 0 Å². The van der Waals surface area contributed by atoms with Crippen LogP contribution in [0.2, 0.25) is 0 Å². The topological polar surface area (TPSA) is 116 Å². The number of methoxy groups -OCH3 is 4. The van der Waals surface area contributed by atoms with E-state index in [2.05, 4.69) is 0 Å². The van der Waals surface area contributed by atoms with Gasteiger partial charge >= 0.3 is 24.3 Å². The standard InChI is InChI=1S/C42H44F6O10/c1-23(2)19-20-31(57-36(50)39(54-7,41(43,44)45)25-15-11-9-12-16-25)38(4)24(3)56-35-32-27(21-29(52-5)33(35)38)34(30(53-6)22-28(32)49)58-37(51)40(55-8,42(46,47)48)26-17-13-10-14-18-26/h9-19,21,24,30-31,34H,20,22H2,1-8H3/t24-,30-,31-,34-,38-,39-,40-/m1/s1. The molecular weight excluding hydrogens is 778 g/mol. The third kappa shape index (κ3) is 7.12. The summed E-state index contributed by atoms with van der Waals surface area (Å²) in [5, 5.41) is 0. The average Bonchev–Trinajstić information content (AvgIpc) is 3.44. The third-order valence-corrected chi connectivity index (χ3v) is 11.0. The number of esters is 2. The van der Waals surface area contributed by atoms with E-state index in [1.54, 1.807) is 33.8 Å². The molecule has 0 saturated carbocycles. The zero-order valence-corrected chi connectivity index (χ0v) is 33.0. The fraction of sp³-hybridized carbons (Fsp3) is 0.452. The summed E-state index contributed by atoms with van der Waals surface area (Å²) >= 11 is 0. The second kappa shape index (κ2) is 16.4. The fourth-order valence-corrected chi connectivity index (χ4v) is 7.76. The van der Waals surface area contributed by atoms with Crippen molar-refractivity contribution in [2.45, 2.75) is 93.9 Å². The molecule has 1 heterocycles. The predicted octanol–water partition coefficient (Wildman–Crippen LogP) is 8.40. The summed E-state index contributed by atoms with van der Waals surface area (Å²) in [5.41, 5.74) is -9.25. The first-order valence-electron chi connectivity index (χ1n) is 18.1. The molecule has 58 heavy (non-hydrogen) atoms. The van der Waals surface area contributed by atoms with Gasteiger partial charge in [-0.25, -0.2) is 9.59 Å². The third-order valence-electron chi connectivity index (χ3n) is 11.0. The lowest BCUT2D eigenvalue weighted by Gasteiger charge is -2.40. The maximum atomic E-state index is 15.0. The zero-order valence-electron chi connectivity index (χ0n) is 33.0. The minimum atomic E-state index is -5.32. The summed E-state index contributed by atoms with van der Waals surface area (Å²) in [5.74, 6) is -4.43. The lowest BCUT2D eigenvalue weighted by molar-refractivity contribution is -0.280. The normalized spacial score (nSPS) is 22.9. The Hall–Kier alpha value is -4.93. The van der Waals surface area contributed by atoms with Crippen molar-refractivity contribution in [1.29, 1.82) is 0 Å². The van der Waals surface area contributed by atoms with Crippen molar-refractivity contribution in [1.82, 2.24) is 0 Å². The van der Waals surface area contributed by atoms with E-state index in [0.717, 1.165) is 36.9 Å². The van der Waals surface area contributed by atoms with Crippen LogP contribution in [0.4, 0.5) is 26.3 Å². The molecule has 2 aliphatic rings. The van der Waals surface area contributed by atoms with Gasteiger partial charge in [0, 0.05) is 50.9 Å². The molecule has 0 radical (unpaired) electrons. The Bertz CT molecular complexity index is 2030. The number of Topliss-reactive ketones (excluding diaryl/α,β-unsaturated/α-hetero) is 1. The van der Waals surface area contributed by atoms with Gasteiger partial charge < -0.3 is 33.2 Å². The zero-order chi connectivity index (χ0) is 43.0. The minimum Gasteiger partial charge on any atom is -0.496 e. The molecule has 16 heteroatoms. The number of alkyl halides is 6. The number of halogens is 6. The number of ether oxygens (including phenoxy) is 7. The van der Waals surface area contributed by atoms with Gasteiger partial charge in [-0.3, -0.25) is 4.79 Å². The molecule has 1 aliphatic heterocycles. The summed E-state index contributed by atoms with van der Waals surface area (Å²) in [6.07, 6.45) is -15.0. The molecule has 5 rings (SSSR count). The number of hydrogen-bond donors (Lipinski definition) is 0. The van der Waals surface area contributed by atoms with Crippen LogP contribution in [0, 0.1) is 0 Å². The van der Waals surface area contributed by atoms with Gasteiger partial charge in [-0.05, 0) is 33.8 Å². The Balaban J connectivity index is 1.69. The van der Waals surface area contributed by atoms with E-state index >= 15 is 13.2 Å². The number of benzene rings is 3. The molecule has 0 amide bonds. The molecule has 3 aromatic rings. The molecule has 0 saturated heterocycles. The maximum Gasteiger partial charge on any atom is 0.432 e. The Morgan fingerprint density at radius 3 is 1.83 bits per heavy atom. The number of ketones is 1. The van der Waals surface area contributed by atoms with Crippen molar-refractivity contribution in [2.75, 3.05) is 28.4 Å².